The van der Waals surface area contributed by atoms with Crippen molar-refractivity contribution in [3.63, 3.8) is 0 Å². The lowest BCUT2D eigenvalue weighted by Crippen LogP contribution is -2.71. The minimum atomic E-state index is -4.06. The smallest absolute Gasteiger partial charge is 0.352 e. The third-order valence-corrected chi connectivity index (χ3v) is 13.2. The average molecular weight is 874 g/mol. The molecular weight excluding hydrogens is 846 g/mol. The molecule has 0 spiro atoms. The van der Waals surface area contributed by atoms with Gasteiger partial charge in [-0.2, -0.15) is 9.50 Å². The van der Waals surface area contributed by atoms with Crippen molar-refractivity contribution in [3.05, 3.63) is 81.6 Å². The number of nitrogens with zero attached hydrogens (tertiary/aromatic N) is 7. The van der Waals surface area contributed by atoms with E-state index in [4.69, 9.17) is 10.6 Å². The maximum atomic E-state index is 14.4. The lowest BCUT2D eigenvalue weighted by Gasteiger charge is -2.49. The van der Waals surface area contributed by atoms with E-state index in [1.807, 2.05) is 0 Å². The Bertz CT molecular complexity index is 2710. The Labute approximate surface area is 337 Å². The topological polar surface area (TPSA) is 305 Å². The molecule has 7 rings (SSSR count). The number of thiazole rings is 1. The molecule has 5 heterocycles. The van der Waals surface area contributed by atoms with Crippen LogP contribution in [0.3, 0.4) is 0 Å². The number of rotatable bonds is 13. The summed E-state index contributed by atoms with van der Waals surface area (Å²) in [6, 6.07) is 5.71. The molecule has 25 heteroatoms. The molecule has 8 N–H and O–H groups in total. The standard InChI is InChI=1S/C33H28FN9O11S4/c1-13-6-22(43-33(36-13)38-21(40-43)12-58(52,53)16-3-5-18(44)20(46)7-16)55-9-15-10-56-30-25(29(49)42(30)26(15)31(50)51)39-28(48)24(17-11-57-32(35)37-17)41-54-8-14-2-4-19(45)27(47)23(14)34/h2-7,11,25,30,44-47H,8-10,12H2,1H3,(H2,35,37)(H,39,48)(H,50,51)/t25-,30-/m1/s1. The lowest BCUT2D eigenvalue weighted by molar-refractivity contribution is -0.150. The van der Waals surface area contributed by atoms with E-state index in [1.54, 1.807) is 13.0 Å². The molecule has 0 aliphatic carbocycles. The minimum Gasteiger partial charge on any atom is -0.504 e. The summed E-state index contributed by atoms with van der Waals surface area (Å²) in [6.45, 7) is 1.10. The molecule has 0 saturated carbocycles. The van der Waals surface area contributed by atoms with Crippen molar-refractivity contribution in [2.24, 2.45) is 5.16 Å². The number of sulfone groups is 1. The minimum absolute atomic E-state index is 0.0291. The molecule has 5 aromatic rings. The summed E-state index contributed by atoms with van der Waals surface area (Å²) < 4.78 is 41.8. The van der Waals surface area contributed by atoms with Gasteiger partial charge in [0.05, 0.1) is 4.90 Å². The molecule has 3 aromatic heterocycles. The number of aromatic hydroxyl groups is 4. The highest BCUT2D eigenvalue weighted by Crippen LogP contribution is 2.42. The van der Waals surface area contributed by atoms with Crippen LogP contribution in [-0.2, 0) is 41.4 Å². The highest BCUT2D eigenvalue weighted by atomic mass is 32.2. The number of aliphatic carboxylic acids is 1. The predicted octanol–water partition coefficient (Wildman–Crippen LogP) is 1.86. The Hall–Kier alpha value is -6.18. The highest BCUT2D eigenvalue weighted by molar-refractivity contribution is 8.01. The monoisotopic (exact) mass is 873 g/mol. The Morgan fingerprint density at radius 1 is 1.10 bits per heavy atom. The van der Waals surface area contributed by atoms with Gasteiger partial charge in [0.15, 0.2) is 55.3 Å². The number of carboxylic acids is 1. The van der Waals surface area contributed by atoms with E-state index in [9.17, 15) is 52.7 Å². The van der Waals surface area contributed by atoms with Crippen LogP contribution >= 0.6 is 34.9 Å². The number of hydrogen-bond donors (Lipinski definition) is 7. The summed E-state index contributed by atoms with van der Waals surface area (Å²) in [5.41, 5.74) is 5.69. The van der Waals surface area contributed by atoms with Gasteiger partial charge in [-0.15, -0.1) is 40.0 Å². The average Bonchev–Trinajstić information content (AvgIpc) is 3.79. The van der Waals surface area contributed by atoms with E-state index in [-0.39, 0.29) is 50.1 Å². The van der Waals surface area contributed by atoms with Crippen LogP contribution in [-0.4, -0.2) is 110 Å². The number of nitrogen functional groups attached to an aromatic ring is 1. The largest absolute Gasteiger partial charge is 0.504 e. The van der Waals surface area contributed by atoms with Gasteiger partial charge >= 0.3 is 5.97 Å². The molecule has 1 saturated heterocycles. The number of benzene rings is 2. The number of nitrogens with one attached hydrogen (secondary N) is 1. The highest BCUT2D eigenvalue weighted by Gasteiger charge is 2.54. The van der Waals surface area contributed by atoms with Gasteiger partial charge in [0.1, 0.15) is 40.2 Å². The number of aryl methyl sites for hydroxylation is 1. The summed E-state index contributed by atoms with van der Waals surface area (Å²) in [5.74, 6) is -7.50. The number of nitrogens with two attached hydrogens (primary N) is 1. The number of carboxylic acid groups (broad SMARTS) is 1. The van der Waals surface area contributed by atoms with Crippen molar-refractivity contribution < 1.29 is 57.6 Å². The van der Waals surface area contributed by atoms with Gasteiger partial charge in [0, 0.05) is 34.2 Å². The number of halogens is 1. The summed E-state index contributed by atoms with van der Waals surface area (Å²) >= 11 is 3.32. The summed E-state index contributed by atoms with van der Waals surface area (Å²) in [5, 5.41) is 60.5. The third-order valence-electron chi connectivity index (χ3n) is 8.54. The van der Waals surface area contributed by atoms with Crippen LogP contribution < -0.4 is 11.1 Å². The maximum absolute atomic E-state index is 14.4. The molecule has 2 atom stereocenters. The van der Waals surface area contributed by atoms with E-state index in [0.717, 1.165) is 58.3 Å². The van der Waals surface area contributed by atoms with Crippen molar-refractivity contribution >= 4 is 79.1 Å². The predicted molar refractivity (Wildman–Crippen MR) is 204 cm³/mol. The first-order chi connectivity index (χ1) is 27.5. The molecule has 0 radical (unpaired) electrons. The van der Waals surface area contributed by atoms with Crippen LogP contribution in [0.1, 0.15) is 22.8 Å². The molecular formula is C33H28FN9O11S4. The quantitative estimate of drug-likeness (QED) is 0.0222. The van der Waals surface area contributed by atoms with Crippen molar-refractivity contribution in [1.82, 2.24) is 34.8 Å². The molecule has 0 bridgehead atoms. The van der Waals surface area contributed by atoms with Crippen LogP contribution in [0.25, 0.3) is 5.78 Å². The fourth-order valence-corrected chi connectivity index (χ4v) is 10.0. The Kier molecular flexibility index (Phi) is 10.8. The van der Waals surface area contributed by atoms with E-state index < -0.39 is 85.9 Å². The van der Waals surface area contributed by atoms with Gasteiger partial charge in [0.2, 0.25) is 0 Å². The zero-order valence-corrected chi connectivity index (χ0v) is 32.7. The van der Waals surface area contributed by atoms with Crippen LogP contribution in [0, 0.1) is 12.7 Å². The second kappa shape index (κ2) is 15.6. The van der Waals surface area contributed by atoms with Gasteiger partial charge in [0.25, 0.3) is 17.6 Å². The molecule has 0 unspecified atom stereocenters. The van der Waals surface area contributed by atoms with Crippen LogP contribution in [0.2, 0.25) is 0 Å². The van der Waals surface area contributed by atoms with E-state index in [1.165, 1.54) is 21.7 Å². The fraction of sp³-hybridized carbons (Fsp3) is 0.212. The SMILES string of the molecule is Cc1cc(SCC2=C(C(=O)O)N3C(=O)[C@@H](NC(=O)C(=NOCc4ccc(O)c(O)c4F)c4csc(N)n4)[C@H]3SC2)n2nc(CS(=O)(=O)c3ccc(O)c(O)c3)nc2n1. The zero-order chi connectivity index (χ0) is 41.6. The van der Waals surface area contributed by atoms with Gasteiger partial charge < -0.3 is 41.4 Å². The van der Waals surface area contributed by atoms with E-state index >= 15 is 0 Å². The number of amides is 2. The number of hydrogen-bond acceptors (Lipinski definition) is 19. The second-order valence-corrected chi connectivity index (χ2v) is 17.5. The second-order valence-electron chi connectivity index (χ2n) is 12.5. The number of oxime groups is 1. The number of phenolic OH excluding ortho intramolecular Hbond substituents is 4. The van der Waals surface area contributed by atoms with E-state index in [0.29, 0.717) is 16.3 Å². The van der Waals surface area contributed by atoms with Crippen LogP contribution in [0.15, 0.2) is 68.1 Å². The summed E-state index contributed by atoms with van der Waals surface area (Å²) in [6.07, 6.45) is 0. The molecule has 20 nitrogen and oxygen atoms in total. The summed E-state index contributed by atoms with van der Waals surface area (Å²) in [4.78, 5) is 58.2. The fourth-order valence-electron chi connectivity index (χ4n) is 5.75. The first-order valence-electron chi connectivity index (χ1n) is 16.4. The molecule has 2 aromatic carbocycles. The molecule has 2 amide bonds. The van der Waals surface area contributed by atoms with Crippen LogP contribution in [0.4, 0.5) is 9.52 Å². The Balaban J connectivity index is 1.06. The number of carbonyl (C=O) groups is 3. The molecule has 302 valence electrons. The third kappa shape index (κ3) is 7.74. The van der Waals surface area contributed by atoms with Crippen molar-refractivity contribution in [3.8, 4) is 23.0 Å². The summed E-state index contributed by atoms with van der Waals surface area (Å²) in [7, 11) is -4.06. The molecule has 1 fully saturated rings. The van der Waals surface area contributed by atoms with Crippen molar-refractivity contribution in [2.45, 2.75) is 40.6 Å². The number of aromatic nitrogens is 5. The number of β-lactam (4-membered cyclic amide) rings is 1. The lowest BCUT2D eigenvalue weighted by atomic mass is 10.0. The van der Waals surface area contributed by atoms with Crippen molar-refractivity contribution in [1.29, 1.82) is 0 Å². The molecule has 2 aliphatic heterocycles. The zero-order valence-electron chi connectivity index (χ0n) is 29.4. The normalized spacial score (nSPS) is 17.0. The van der Waals surface area contributed by atoms with Gasteiger partial charge in [-0.1, -0.05) is 5.16 Å². The Morgan fingerprint density at radius 2 is 1.86 bits per heavy atom. The number of fused-ring (bicyclic) bond motifs is 2. The van der Waals surface area contributed by atoms with Gasteiger partial charge in [-0.05, 0) is 42.8 Å². The first kappa shape index (κ1) is 40.0. The number of phenols is 4. The van der Waals surface area contributed by atoms with Gasteiger partial charge in [-0.25, -0.2) is 27.6 Å². The van der Waals surface area contributed by atoms with Gasteiger partial charge in [-0.3, -0.25) is 14.5 Å². The number of thioether (sulfide) groups is 2. The Morgan fingerprint density at radius 3 is 2.57 bits per heavy atom. The van der Waals surface area contributed by atoms with Crippen molar-refractivity contribution in [2.75, 3.05) is 17.2 Å². The number of anilines is 1. The number of carbonyl (C=O) groups excluding carboxylic acids is 2. The van der Waals surface area contributed by atoms with E-state index in [2.05, 4.69) is 30.5 Å². The van der Waals surface area contributed by atoms with Crippen LogP contribution in [0.5, 0.6) is 23.0 Å². The molecule has 58 heavy (non-hydrogen) atoms. The maximum Gasteiger partial charge on any atom is 0.352 e. The first-order valence-corrected chi connectivity index (χ1v) is 21.0. The molecule has 2 aliphatic rings.